The third-order valence-electron chi connectivity index (χ3n) is 3.61. The van der Waals surface area contributed by atoms with Gasteiger partial charge in [-0.25, -0.2) is 0 Å². The smallest absolute Gasteiger partial charge is 0.321 e. The number of carbonyl (C=O) groups is 1. The molecule has 0 aromatic carbocycles. The van der Waals surface area contributed by atoms with Crippen molar-refractivity contribution >= 4 is 5.97 Å². The van der Waals surface area contributed by atoms with Crippen molar-refractivity contribution < 1.29 is 9.90 Å². The molecule has 100 valence electrons. The summed E-state index contributed by atoms with van der Waals surface area (Å²) in [5.74, 6) is -0.914. The Hall–Kier alpha value is -1.56. The van der Waals surface area contributed by atoms with Crippen molar-refractivity contribution in [3.8, 4) is 0 Å². The molecule has 0 spiro atoms. The zero-order chi connectivity index (χ0) is 13.3. The molecule has 1 saturated carbocycles. The summed E-state index contributed by atoms with van der Waals surface area (Å²) in [7, 11) is 1.61. The molecule has 6 heteroatoms. The first-order valence-corrected chi connectivity index (χ1v) is 6.11. The van der Waals surface area contributed by atoms with Gasteiger partial charge in [0.1, 0.15) is 6.04 Å². The van der Waals surface area contributed by atoms with E-state index in [9.17, 15) is 9.59 Å². The number of nitrogens with one attached hydrogen (secondary N) is 2. The summed E-state index contributed by atoms with van der Waals surface area (Å²) < 4.78 is 1.34. The number of carboxylic acid groups (broad SMARTS) is 1. The zero-order valence-electron chi connectivity index (χ0n) is 10.7. The lowest BCUT2D eigenvalue weighted by Crippen LogP contribution is -2.42. The molecule has 1 aromatic heterocycles. The van der Waals surface area contributed by atoms with E-state index < -0.39 is 12.0 Å². The van der Waals surface area contributed by atoms with Crippen LogP contribution >= 0.6 is 0 Å². The van der Waals surface area contributed by atoms with Gasteiger partial charge in [-0.15, -0.1) is 0 Å². The summed E-state index contributed by atoms with van der Waals surface area (Å²) in [6, 6.07) is -0.703. The van der Waals surface area contributed by atoms with Crippen LogP contribution in [0.1, 0.15) is 25.3 Å². The van der Waals surface area contributed by atoms with E-state index in [4.69, 9.17) is 5.11 Å². The molecule has 0 saturated heterocycles. The maximum atomic E-state index is 11.7. The standard InChI is InChI=1S/C12H19N3O3/c1-12(3-4-12)7-13-9(11(17)18)5-8-6-14-15(2)10(8)16/h6,9,13-14H,3-5,7H2,1-2H3,(H,17,18)/t9-/m1/s1. The van der Waals surface area contributed by atoms with E-state index in [1.165, 1.54) is 4.68 Å². The van der Waals surface area contributed by atoms with Gasteiger partial charge in [-0.05, 0) is 18.3 Å². The Morgan fingerprint density at radius 3 is 2.78 bits per heavy atom. The van der Waals surface area contributed by atoms with E-state index in [2.05, 4.69) is 17.3 Å². The fourth-order valence-electron chi connectivity index (χ4n) is 1.88. The molecule has 18 heavy (non-hydrogen) atoms. The maximum absolute atomic E-state index is 11.7. The number of carboxylic acids is 1. The van der Waals surface area contributed by atoms with Crippen LogP contribution in [0.5, 0.6) is 0 Å². The number of hydrogen-bond donors (Lipinski definition) is 3. The second-order valence-corrected chi connectivity index (χ2v) is 5.45. The van der Waals surface area contributed by atoms with Gasteiger partial charge in [0.05, 0.1) is 0 Å². The van der Waals surface area contributed by atoms with Gasteiger partial charge in [0, 0.05) is 31.8 Å². The fraction of sp³-hybridized carbons (Fsp3) is 0.667. The molecule has 1 aliphatic rings. The van der Waals surface area contributed by atoms with Gasteiger partial charge in [0.25, 0.3) is 5.56 Å². The first-order chi connectivity index (χ1) is 8.41. The highest BCUT2D eigenvalue weighted by molar-refractivity contribution is 5.73. The third-order valence-corrected chi connectivity index (χ3v) is 3.61. The van der Waals surface area contributed by atoms with Gasteiger partial charge in [-0.2, -0.15) is 0 Å². The third kappa shape index (κ3) is 2.81. The minimum atomic E-state index is -0.914. The lowest BCUT2D eigenvalue weighted by molar-refractivity contribution is -0.139. The molecule has 0 amide bonds. The van der Waals surface area contributed by atoms with Gasteiger partial charge in [-0.3, -0.25) is 14.3 Å². The summed E-state index contributed by atoms with van der Waals surface area (Å²) in [5.41, 5.74) is 0.579. The first-order valence-electron chi connectivity index (χ1n) is 6.11. The van der Waals surface area contributed by atoms with Crippen molar-refractivity contribution in [2.24, 2.45) is 12.5 Å². The van der Waals surface area contributed by atoms with Crippen molar-refractivity contribution in [2.45, 2.75) is 32.2 Å². The lowest BCUT2D eigenvalue weighted by atomic mass is 10.1. The predicted octanol–water partition coefficient (Wildman–Crippen LogP) is 0.0988. The number of aromatic nitrogens is 2. The Morgan fingerprint density at radius 1 is 1.67 bits per heavy atom. The lowest BCUT2D eigenvalue weighted by Gasteiger charge is -2.16. The van der Waals surface area contributed by atoms with Gasteiger partial charge in [0.15, 0.2) is 0 Å². The van der Waals surface area contributed by atoms with Crippen molar-refractivity contribution in [1.82, 2.24) is 15.1 Å². The summed E-state index contributed by atoms with van der Waals surface area (Å²) in [4.78, 5) is 22.8. The molecule has 1 heterocycles. The van der Waals surface area contributed by atoms with Crippen molar-refractivity contribution in [3.63, 3.8) is 0 Å². The van der Waals surface area contributed by atoms with E-state index in [0.29, 0.717) is 12.1 Å². The van der Waals surface area contributed by atoms with Gasteiger partial charge in [-0.1, -0.05) is 6.92 Å². The number of aromatic amines is 1. The SMILES string of the molecule is Cn1[nH]cc(C[C@@H](NCC2(C)CC2)C(=O)O)c1=O. The van der Waals surface area contributed by atoms with Crippen molar-refractivity contribution in [1.29, 1.82) is 0 Å². The Labute approximate surface area is 105 Å². The Kier molecular flexibility index (Phi) is 3.30. The topological polar surface area (TPSA) is 87.1 Å². The molecule has 0 bridgehead atoms. The largest absolute Gasteiger partial charge is 0.480 e. The van der Waals surface area contributed by atoms with E-state index in [-0.39, 0.29) is 17.4 Å². The average molecular weight is 253 g/mol. The van der Waals surface area contributed by atoms with Crippen LogP contribution in [0.4, 0.5) is 0 Å². The first kappa shape index (κ1) is 12.9. The quantitative estimate of drug-likeness (QED) is 0.671. The fourth-order valence-corrected chi connectivity index (χ4v) is 1.88. The molecule has 3 N–H and O–H groups in total. The van der Waals surface area contributed by atoms with Crippen LogP contribution in [-0.4, -0.2) is 33.4 Å². The molecular weight excluding hydrogens is 234 g/mol. The highest BCUT2D eigenvalue weighted by atomic mass is 16.4. The number of aliphatic carboxylic acids is 1. The number of nitrogens with zero attached hydrogens (tertiary/aromatic N) is 1. The van der Waals surface area contributed by atoms with Crippen LogP contribution in [0, 0.1) is 5.41 Å². The van der Waals surface area contributed by atoms with Crippen molar-refractivity contribution in [2.75, 3.05) is 6.54 Å². The average Bonchev–Trinajstić information content (AvgIpc) is 2.97. The highest BCUT2D eigenvalue weighted by Gasteiger charge is 2.37. The number of hydrogen-bond acceptors (Lipinski definition) is 3. The second-order valence-electron chi connectivity index (χ2n) is 5.45. The van der Waals surface area contributed by atoms with Crippen LogP contribution < -0.4 is 10.9 Å². The molecule has 1 aliphatic carbocycles. The van der Waals surface area contributed by atoms with Gasteiger partial charge >= 0.3 is 5.97 Å². The van der Waals surface area contributed by atoms with Gasteiger partial charge < -0.3 is 15.5 Å². The Balaban J connectivity index is 1.99. The molecule has 1 atom stereocenters. The van der Waals surface area contributed by atoms with Crippen LogP contribution in [0.15, 0.2) is 11.0 Å². The normalized spacial score (nSPS) is 18.6. The molecule has 6 nitrogen and oxygen atoms in total. The predicted molar refractivity (Wildman–Crippen MR) is 66.5 cm³/mol. The van der Waals surface area contributed by atoms with E-state index >= 15 is 0 Å². The summed E-state index contributed by atoms with van der Waals surface area (Å²) in [6.45, 7) is 2.82. The van der Waals surface area contributed by atoms with Crippen LogP contribution in [-0.2, 0) is 18.3 Å². The van der Waals surface area contributed by atoms with Crippen LogP contribution in [0.3, 0.4) is 0 Å². The maximum Gasteiger partial charge on any atom is 0.321 e. The second kappa shape index (κ2) is 4.61. The monoisotopic (exact) mass is 253 g/mol. The minimum absolute atomic E-state index is 0.166. The Bertz CT molecular complexity index is 499. The molecule has 0 radical (unpaired) electrons. The zero-order valence-corrected chi connectivity index (χ0v) is 10.7. The van der Waals surface area contributed by atoms with E-state index in [0.717, 1.165) is 12.8 Å². The Morgan fingerprint density at radius 2 is 2.33 bits per heavy atom. The number of aryl methyl sites for hydroxylation is 1. The number of rotatable bonds is 6. The van der Waals surface area contributed by atoms with Crippen LogP contribution in [0.2, 0.25) is 0 Å². The molecule has 1 aromatic rings. The summed E-state index contributed by atoms with van der Waals surface area (Å²) in [6.07, 6.45) is 4.05. The van der Waals surface area contributed by atoms with Crippen molar-refractivity contribution in [3.05, 3.63) is 22.1 Å². The van der Waals surface area contributed by atoms with E-state index in [1.54, 1.807) is 13.2 Å². The van der Waals surface area contributed by atoms with E-state index in [1.807, 2.05) is 0 Å². The highest BCUT2D eigenvalue weighted by Crippen LogP contribution is 2.44. The molecule has 1 fully saturated rings. The minimum Gasteiger partial charge on any atom is -0.480 e. The van der Waals surface area contributed by atoms with Gasteiger partial charge in [0.2, 0.25) is 0 Å². The molecule has 0 aliphatic heterocycles. The van der Waals surface area contributed by atoms with Crippen LogP contribution in [0.25, 0.3) is 0 Å². The molecule has 0 unspecified atom stereocenters. The number of H-pyrrole nitrogens is 1. The summed E-state index contributed by atoms with van der Waals surface area (Å²) in [5, 5.41) is 15.0. The summed E-state index contributed by atoms with van der Waals surface area (Å²) >= 11 is 0. The molecule has 2 rings (SSSR count). The molecular formula is C12H19N3O3.